The minimum Gasteiger partial charge on any atom is -0.449 e. The summed E-state index contributed by atoms with van der Waals surface area (Å²) < 4.78 is 5.82. The Morgan fingerprint density at radius 3 is 2.90 bits per heavy atom. The number of nitrogens with one attached hydrogen (secondary N) is 1. The minimum atomic E-state index is -0.762. The van der Waals surface area contributed by atoms with Crippen LogP contribution in [0.3, 0.4) is 0 Å². The molecule has 3 rings (SSSR count). The Kier molecular flexibility index (Phi) is 3.12. The minimum absolute atomic E-state index is 0.116. The van der Waals surface area contributed by atoms with E-state index in [0.29, 0.717) is 6.42 Å². The van der Waals surface area contributed by atoms with Crippen LogP contribution >= 0.6 is 0 Å². The van der Waals surface area contributed by atoms with Crippen LogP contribution < -0.4 is 5.56 Å². The van der Waals surface area contributed by atoms with Crippen LogP contribution in [0.1, 0.15) is 38.4 Å². The summed E-state index contributed by atoms with van der Waals surface area (Å²) in [5.41, 5.74) is 3.24. The number of esters is 1. The summed E-state index contributed by atoms with van der Waals surface area (Å²) in [6, 6.07) is 3.31. The zero-order chi connectivity index (χ0) is 15.2. The zero-order valence-corrected chi connectivity index (χ0v) is 12.5. The molecule has 0 amide bonds. The Morgan fingerprint density at radius 2 is 2.24 bits per heavy atom. The predicted molar refractivity (Wildman–Crippen MR) is 79.8 cm³/mol. The van der Waals surface area contributed by atoms with Crippen molar-refractivity contribution in [1.82, 2.24) is 4.98 Å². The number of aromatic nitrogens is 1. The van der Waals surface area contributed by atoms with Crippen molar-refractivity contribution < 1.29 is 9.53 Å². The molecule has 4 nitrogen and oxygen atoms in total. The highest BCUT2D eigenvalue weighted by atomic mass is 16.6. The fourth-order valence-electron chi connectivity index (χ4n) is 3.83. The van der Waals surface area contributed by atoms with Crippen molar-refractivity contribution in [2.24, 2.45) is 5.92 Å². The summed E-state index contributed by atoms with van der Waals surface area (Å²) in [6.07, 6.45) is 5.64. The van der Waals surface area contributed by atoms with Crippen molar-refractivity contribution in [3.63, 3.8) is 0 Å². The highest BCUT2D eigenvalue weighted by Crippen LogP contribution is 2.51. The summed E-state index contributed by atoms with van der Waals surface area (Å²) in [7, 11) is 0. The molecule has 110 valence electrons. The van der Waals surface area contributed by atoms with Crippen molar-refractivity contribution in [3.8, 4) is 0 Å². The summed E-state index contributed by atoms with van der Waals surface area (Å²) in [4.78, 5) is 26.2. The number of rotatable bonds is 1. The molecule has 1 heterocycles. The third kappa shape index (κ3) is 2.06. The van der Waals surface area contributed by atoms with Crippen molar-refractivity contribution in [2.75, 3.05) is 0 Å². The summed E-state index contributed by atoms with van der Waals surface area (Å²) >= 11 is 0. The molecular weight excluding hydrogens is 266 g/mol. The normalized spacial score (nSPS) is 28.8. The molecule has 2 aliphatic carbocycles. The van der Waals surface area contributed by atoms with Gasteiger partial charge in [0.15, 0.2) is 5.60 Å². The van der Waals surface area contributed by atoms with E-state index >= 15 is 0 Å². The number of fused-ring (bicyclic) bond motifs is 4. The van der Waals surface area contributed by atoms with E-state index in [1.165, 1.54) is 18.6 Å². The number of H-pyrrole nitrogens is 1. The van der Waals surface area contributed by atoms with E-state index < -0.39 is 5.60 Å². The van der Waals surface area contributed by atoms with Gasteiger partial charge in [0.1, 0.15) is 0 Å². The Morgan fingerprint density at radius 1 is 1.48 bits per heavy atom. The molecule has 0 saturated carbocycles. The lowest BCUT2D eigenvalue weighted by Crippen LogP contribution is -2.44. The molecule has 1 aromatic heterocycles. The van der Waals surface area contributed by atoms with E-state index in [9.17, 15) is 9.59 Å². The molecule has 0 spiro atoms. The van der Waals surface area contributed by atoms with E-state index in [-0.39, 0.29) is 17.4 Å². The van der Waals surface area contributed by atoms with Gasteiger partial charge < -0.3 is 9.72 Å². The Balaban J connectivity index is 2.29. The van der Waals surface area contributed by atoms with Gasteiger partial charge in [0.2, 0.25) is 5.56 Å². The standard InChI is InChI=1S/C17H19NO3/c1-4-13-12-7-10(2)9-17(13,21-11(3)19)14-5-6-16(20)18-15(14)8-12/h4-7,12H,8-9H2,1-3H3,(H,18,20)/b13-4+. The molecule has 0 fully saturated rings. The number of aromatic amines is 1. The molecular formula is C17H19NO3. The van der Waals surface area contributed by atoms with E-state index in [2.05, 4.69) is 18.0 Å². The predicted octanol–water partition coefficient (Wildman–Crippen LogP) is 2.60. The van der Waals surface area contributed by atoms with Gasteiger partial charge in [-0.15, -0.1) is 0 Å². The van der Waals surface area contributed by atoms with E-state index in [1.54, 1.807) is 6.07 Å². The third-order valence-electron chi connectivity index (χ3n) is 4.37. The van der Waals surface area contributed by atoms with Crippen LogP contribution in [0.15, 0.2) is 40.2 Å². The van der Waals surface area contributed by atoms with Gasteiger partial charge in [-0.1, -0.05) is 17.7 Å². The van der Waals surface area contributed by atoms with Gasteiger partial charge in [-0.2, -0.15) is 0 Å². The molecule has 2 bridgehead atoms. The maximum absolute atomic E-state index is 11.7. The number of carbonyl (C=O) groups excluding carboxylic acids is 1. The van der Waals surface area contributed by atoms with Crippen molar-refractivity contribution in [3.05, 3.63) is 57.0 Å². The van der Waals surface area contributed by atoms with Gasteiger partial charge in [0.05, 0.1) is 0 Å². The van der Waals surface area contributed by atoms with Gasteiger partial charge in [-0.3, -0.25) is 9.59 Å². The van der Waals surface area contributed by atoms with Gasteiger partial charge in [-0.25, -0.2) is 0 Å². The van der Waals surface area contributed by atoms with E-state index in [0.717, 1.165) is 23.3 Å². The first kappa shape index (κ1) is 13.9. The second-order valence-corrected chi connectivity index (χ2v) is 5.88. The topological polar surface area (TPSA) is 59.2 Å². The second kappa shape index (κ2) is 4.72. The monoisotopic (exact) mass is 285 g/mol. The lowest BCUT2D eigenvalue weighted by molar-refractivity contribution is -0.155. The number of ether oxygens (including phenoxy) is 1. The number of pyridine rings is 1. The Bertz CT molecular complexity index is 726. The van der Waals surface area contributed by atoms with E-state index in [1.807, 2.05) is 13.0 Å². The maximum atomic E-state index is 11.7. The third-order valence-corrected chi connectivity index (χ3v) is 4.37. The summed E-state index contributed by atoms with van der Waals surface area (Å²) in [5.74, 6) is -0.129. The fourth-order valence-corrected chi connectivity index (χ4v) is 3.83. The smallest absolute Gasteiger partial charge is 0.303 e. The summed E-state index contributed by atoms with van der Waals surface area (Å²) in [5, 5.41) is 0. The number of carbonyl (C=O) groups is 1. The first-order chi connectivity index (χ1) is 9.96. The molecule has 21 heavy (non-hydrogen) atoms. The average Bonchev–Trinajstić information content (AvgIpc) is 2.36. The zero-order valence-electron chi connectivity index (χ0n) is 12.5. The largest absolute Gasteiger partial charge is 0.449 e. The molecule has 1 N–H and O–H groups in total. The number of hydrogen-bond donors (Lipinski definition) is 1. The summed E-state index contributed by atoms with van der Waals surface area (Å²) in [6.45, 7) is 5.48. The second-order valence-electron chi connectivity index (χ2n) is 5.88. The van der Waals surface area contributed by atoms with Crippen LogP contribution in [0, 0.1) is 5.92 Å². The highest BCUT2D eigenvalue weighted by molar-refractivity contribution is 5.68. The van der Waals surface area contributed by atoms with Crippen LogP contribution in [0.25, 0.3) is 0 Å². The van der Waals surface area contributed by atoms with Crippen molar-refractivity contribution in [2.45, 2.75) is 39.2 Å². The van der Waals surface area contributed by atoms with Crippen LogP contribution in [-0.2, 0) is 21.6 Å². The lowest BCUT2D eigenvalue weighted by Gasteiger charge is -2.46. The first-order valence-corrected chi connectivity index (χ1v) is 7.22. The molecule has 4 heteroatoms. The molecule has 2 atom stereocenters. The molecule has 2 unspecified atom stereocenters. The SMILES string of the molecule is C/C=C1\C2C=C(C)CC1(OC(C)=O)c1ccc(=O)[nH]c1C2. The van der Waals surface area contributed by atoms with Gasteiger partial charge in [0.25, 0.3) is 0 Å². The van der Waals surface area contributed by atoms with Crippen molar-refractivity contribution >= 4 is 5.97 Å². The van der Waals surface area contributed by atoms with Gasteiger partial charge >= 0.3 is 5.97 Å². The number of hydrogen-bond acceptors (Lipinski definition) is 3. The quantitative estimate of drug-likeness (QED) is 0.637. The van der Waals surface area contributed by atoms with Crippen LogP contribution in [0.4, 0.5) is 0 Å². The maximum Gasteiger partial charge on any atom is 0.303 e. The fraction of sp³-hybridized carbons (Fsp3) is 0.412. The molecule has 0 radical (unpaired) electrons. The molecule has 2 aliphatic rings. The molecule has 0 aromatic carbocycles. The lowest BCUT2D eigenvalue weighted by atomic mass is 9.65. The van der Waals surface area contributed by atoms with Crippen LogP contribution in [0.2, 0.25) is 0 Å². The van der Waals surface area contributed by atoms with Crippen LogP contribution in [0.5, 0.6) is 0 Å². The Labute approximate surface area is 123 Å². The van der Waals surface area contributed by atoms with Gasteiger partial charge in [-0.05, 0) is 31.9 Å². The Hall–Kier alpha value is -2.10. The van der Waals surface area contributed by atoms with Crippen LogP contribution in [-0.4, -0.2) is 11.0 Å². The number of allylic oxidation sites excluding steroid dienone is 2. The molecule has 0 saturated heterocycles. The van der Waals surface area contributed by atoms with Gasteiger partial charge in [0, 0.05) is 36.6 Å². The molecule has 0 aliphatic heterocycles. The van der Waals surface area contributed by atoms with Crippen molar-refractivity contribution in [1.29, 1.82) is 0 Å². The average molecular weight is 285 g/mol. The first-order valence-electron chi connectivity index (χ1n) is 7.22. The molecule has 1 aromatic rings. The van der Waals surface area contributed by atoms with E-state index in [4.69, 9.17) is 4.74 Å². The highest BCUT2D eigenvalue weighted by Gasteiger charge is 2.49.